The molecule has 3 rings (SSSR count). The summed E-state index contributed by atoms with van der Waals surface area (Å²) in [6.45, 7) is 4.38. The highest BCUT2D eigenvalue weighted by atomic mass is 32.2. The predicted molar refractivity (Wildman–Crippen MR) is 155 cm³/mol. The lowest BCUT2D eigenvalue weighted by atomic mass is 10.1. The van der Waals surface area contributed by atoms with Crippen molar-refractivity contribution in [1.82, 2.24) is 19.6 Å². The van der Waals surface area contributed by atoms with Crippen LogP contribution in [0.15, 0.2) is 66.1 Å². The summed E-state index contributed by atoms with van der Waals surface area (Å²) in [6.07, 6.45) is 2.21. The van der Waals surface area contributed by atoms with Crippen LogP contribution in [0.25, 0.3) is 0 Å². The third-order valence-electron chi connectivity index (χ3n) is 6.62. The molecule has 2 aromatic rings. The highest BCUT2D eigenvalue weighted by molar-refractivity contribution is 7.89. The number of unbranched alkanes of at least 4 members (excludes halogenated alkanes) is 1. The van der Waals surface area contributed by atoms with E-state index in [4.69, 9.17) is 4.74 Å². The first-order valence-electron chi connectivity index (χ1n) is 13.7. The van der Waals surface area contributed by atoms with Crippen molar-refractivity contribution < 1.29 is 37.7 Å². The number of amides is 3. The minimum absolute atomic E-state index is 0.0388. The Labute approximate surface area is 249 Å². The smallest absolute Gasteiger partial charge is 0.407 e. The van der Waals surface area contributed by atoms with E-state index in [9.17, 15) is 38.1 Å². The molecule has 0 radical (unpaired) electrons. The topological polar surface area (TPSA) is 180 Å². The van der Waals surface area contributed by atoms with Crippen LogP contribution in [0.3, 0.4) is 0 Å². The van der Waals surface area contributed by atoms with Crippen molar-refractivity contribution in [2.45, 2.75) is 30.6 Å². The standard InChI is InChI=1S/C28H35N5O9S/c1-2-21-42-28(36)29-15-7-19-31(43(40,41)23-13-11-22(12-14-23)33(38)39)18-6-5-16-30(37)17-8-20-32-26(34)24-9-3-4-10-25(24)27(32)35/h2-4,9-14,37H,1,5-8,15-21H2,(H,29,36). The van der Waals surface area contributed by atoms with E-state index in [2.05, 4.69) is 11.9 Å². The molecule has 0 atom stereocenters. The average molecular weight is 618 g/mol. The fourth-order valence-electron chi connectivity index (χ4n) is 4.42. The van der Waals surface area contributed by atoms with Crippen molar-refractivity contribution in [3.8, 4) is 0 Å². The van der Waals surface area contributed by atoms with Gasteiger partial charge in [0.05, 0.1) is 20.9 Å². The number of nitro groups is 1. The highest BCUT2D eigenvalue weighted by Crippen LogP contribution is 2.23. The van der Waals surface area contributed by atoms with Gasteiger partial charge in [-0.3, -0.25) is 24.6 Å². The molecule has 1 heterocycles. The van der Waals surface area contributed by atoms with E-state index >= 15 is 0 Å². The molecular weight excluding hydrogens is 582 g/mol. The maximum atomic E-state index is 13.3. The molecule has 1 aliphatic heterocycles. The zero-order chi connectivity index (χ0) is 31.4. The number of carbonyl (C=O) groups is 3. The lowest BCUT2D eigenvalue weighted by Gasteiger charge is -2.23. The minimum atomic E-state index is -4.01. The monoisotopic (exact) mass is 617 g/mol. The lowest BCUT2D eigenvalue weighted by molar-refractivity contribution is -0.384. The van der Waals surface area contributed by atoms with E-state index in [1.54, 1.807) is 24.3 Å². The Morgan fingerprint density at radius 2 is 1.56 bits per heavy atom. The lowest BCUT2D eigenvalue weighted by Crippen LogP contribution is -2.36. The Morgan fingerprint density at radius 3 is 2.16 bits per heavy atom. The van der Waals surface area contributed by atoms with E-state index < -0.39 is 21.0 Å². The SMILES string of the molecule is C=CCOC(=O)NCCCN(CCCCN(O)CCCN1C(=O)c2ccccc2C1=O)S(=O)(=O)c1ccc([N+](=O)[O-])cc1. The first kappa shape index (κ1) is 33.3. The maximum Gasteiger partial charge on any atom is 0.407 e. The maximum absolute atomic E-state index is 13.3. The van der Waals surface area contributed by atoms with Gasteiger partial charge in [-0.05, 0) is 49.9 Å². The number of ether oxygens (including phenoxy) is 1. The second-order valence-corrected chi connectivity index (χ2v) is 11.6. The normalized spacial score (nSPS) is 13.0. The van der Waals surface area contributed by atoms with Crippen molar-refractivity contribution >= 4 is 33.6 Å². The van der Waals surface area contributed by atoms with Gasteiger partial charge in [0.2, 0.25) is 10.0 Å². The van der Waals surface area contributed by atoms with Gasteiger partial charge in [-0.2, -0.15) is 9.37 Å². The molecule has 0 aliphatic carbocycles. The van der Waals surface area contributed by atoms with Crippen molar-refractivity contribution in [3.05, 3.63) is 82.4 Å². The fourth-order valence-corrected chi connectivity index (χ4v) is 5.94. The van der Waals surface area contributed by atoms with Crippen molar-refractivity contribution in [2.75, 3.05) is 45.9 Å². The minimum Gasteiger partial charge on any atom is -0.445 e. The molecule has 0 unspecified atom stereocenters. The number of carbonyl (C=O) groups excluding carboxylic acids is 3. The molecule has 3 amide bonds. The molecule has 1 aliphatic rings. The molecule has 14 nitrogen and oxygen atoms in total. The van der Waals surface area contributed by atoms with E-state index in [0.717, 1.165) is 22.1 Å². The summed E-state index contributed by atoms with van der Waals surface area (Å²) in [6, 6.07) is 11.2. The molecule has 43 heavy (non-hydrogen) atoms. The Hall–Kier alpha value is -4.18. The number of nitro benzene ring substituents is 1. The zero-order valence-electron chi connectivity index (χ0n) is 23.6. The number of fused-ring (bicyclic) bond motifs is 1. The van der Waals surface area contributed by atoms with Crippen LogP contribution in [0.5, 0.6) is 0 Å². The van der Waals surface area contributed by atoms with Crippen LogP contribution >= 0.6 is 0 Å². The number of nitrogens with one attached hydrogen (secondary N) is 1. The summed E-state index contributed by atoms with van der Waals surface area (Å²) in [5.41, 5.74) is 0.494. The number of sulfonamides is 1. The predicted octanol–water partition coefficient (Wildman–Crippen LogP) is 3.05. The second-order valence-electron chi connectivity index (χ2n) is 9.64. The summed E-state index contributed by atoms with van der Waals surface area (Å²) < 4.78 is 32.7. The van der Waals surface area contributed by atoms with Crippen LogP contribution in [0.1, 0.15) is 46.4 Å². The Morgan fingerprint density at radius 1 is 0.977 bits per heavy atom. The molecule has 2 N–H and O–H groups in total. The number of imide groups is 1. The molecule has 0 saturated carbocycles. The van der Waals surface area contributed by atoms with Gasteiger partial charge in [0.25, 0.3) is 17.5 Å². The molecule has 232 valence electrons. The third kappa shape index (κ3) is 9.15. The summed E-state index contributed by atoms with van der Waals surface area (Å²) in [7, 11) is -4.01. The second kappa shape index (κ2) is 15.9. The number of hydroxylamine groups is 2. The molecule has 0 aromatic heterocycles. The number of non-ortho nitro benzene ring substituents is 1. The highest BCUT2D eigenvalue weighted by Gasteiger charge is 2.34. The van der Waals surface area contributed by atoms with Crippen LogP contribution in [-0.2, 0) is 14.8 Å². The Kier molecular flexibility index (Phi) is 12.3. The van der Waals surface area contributed by atoms with Gasteiger partial charge in [0.1, 0.15) is 6.61 Å². The number of benzene rings is 2. The van der Waals surface area contributed by atoms with Crippen LogP contribution in [0, 0.1) is 10.1 Å². The van der Waals surface area contributed by atoms with Crippen LogP contribution in [0.4, 0.5) is 10.5 Å². The van der Waals surface area contributed by atoms with Gasteiger partial charge >= 0.3 is 6.09 Å². The van der Waals surface area contributed by atoms with E-state index in [1.165, 1.54) is 22.5 Å². The fraction of sp³-hybridized carbons (Fsp3) is 0.393. The summed E-state index contributed by atoms with van der Waals surface area (Å²) in [5.74, 6) is -0.716. The van der Waals surface area contributed by atoms with E-state index in [0.29, 0.717) is 30.4 Å². The van der Waals surface area contributed by atoms with Gasteiger partial charge in [0, 0.05) is 51.4 Å². The number of rotatable bonds is 18. The van der Waals surface area contributed by atoms with Gasteiger partial charge in [0.15, 0.2) is 0 Å². The molecule has 0 fully saturated rings. The first-order valence-corrected chi connectivity index (χ1v) is 15.2. The zero-order valence-corrected chi connectivity index (χ0v) is 24.4. The molecule has 0 saturated heterocycles. The molecular formula is C28H35N5O9S. The summed E-state index contributed by atoms with van der Waals surface area (Å²) >= 11 is 0. The van der Waals surface area contributed by atoms with Crippen LogP contribution < -0.4 is 5.32 Å². The first-order chi connectivity index (χ1) is 20.6. The van der Waals surface area contributed by atoms with E-state index in [1.807, 2.05) is 0 Å². The number of nitrogens with zero attached hydrogens (tertiary/aromatic N) is 4. The molecule has 2 aromatic carbocycles. The number of alkyl carbamates (subject to hydrolysis) is 1. The van der Waals surface area contributed by atoms with E-state index in [-0.39, 0.29) is 74.7 Å². The third-order valence-corrected chi connectivity index (χ3v) is 8.53. The van der Waals surface area contributed by atoms with Gasteiger partial charge in [-0.15, -0.1) is 0 Å². The molecule has 0 spiro atoms. The Bertz CT molecular complexity index is 1380. The Balaban J connectivity index is 1.49. The van der Waals surface area contributed by atoms with Gasteiger partial charge in [-0.1, -0.05) is 24.8 Å². The van der Waals surface area contributed by atoms with Gasteiger partial charge < -0.3 is 15.3 Å². The van der Waals surface area contributed by atoms with Crippen molar-refractivity contribution in [3.63, 3.8) is 0 Å². The van der Waals surface area contributed by atoms with Crippen LogP contribution in [-0.4, -0.2) is 96.6 Å². The molecule has 0 bridgehead atoms. The largest absolute Gasteiger partial charge is 0.445 e. The summed E-state index contributed by atoms with van der Waals surface area (Å²) in [5, 5.41) is 24.8. The van der Waals surface area contributed by atoms with Gasteiger partial charge in [-0.25, -0.2) is 13.2 Å². The van der Waals surface area contributed by atoms with Crippen LogP contribution in [0.2, 0.25) is 0 Å². The average Bonchev–Trinajstić information content (AvgIpc) is 3.24. The van der Waals surface area contributed by atoms with Crippen molar-refractivity contribution in [2.24, 2.45) is 0 Å². The number of hydrogen-bond donors (Lipinski definition) is 2. The quantitative estimate of drug-likeness (QED) is 0.0830. The molecule has 15 heteroatoms. The summed E-state index contributed by atoms with van der Waals surface area (Å²) in [4.78, 5) is 48.0. The van der Waals surface area contributed by atoms with Crippen molar-refractivity contribution in [1.29, 1.82) is 0 Å². The number of hydrogen-bond acceptors (Lipinski definition) is 10.